The second kappa shape index (κ2) is 14.3. The van der Waals surface area contributed by atoms with E-state index in [1.165, 1.54) is 0 Å². The van der Waals surface area contributed by atoms with E-state index in [1.54, 1.807) is 12.2 Å². The lowest BCUT2D eigenvalue weighted by atomic mass is 10.0. The van der Waals surface area contributed by atoms with E-state index in [9.17, 15) is 20.1 Å². The molecule has 0 saturated carbocycles. The summed E-state index contributed by atoms with van der Waals surface area (Å²) < 4.78 is 5.70. The van der Waals surface area contributed by atoms with E-state index in [1.807, 2.05) is 43.4 Å². The lowest BCUT2D eigenvalue weighted by molar-refractivity contribution is -0.136. The van der Waals surface area contributed by atoms with E-state index < -0.39 is 36.5 Å². The van der Waals surface area contributed by atoms with Crippen LogP contribution in [-0.2, 0) is 9.53 Å². The Bertz CT molecular complexity index is 551. The number of rotatable bonds is 13. The third-order valence-corrected chi connectivity index (χ3v) is 4.50. The third-order valence-electron chi connectivity index (χ3n) is 4.50. The van der Waals surface area contributed by atoms with Crippen molar-refractivity contribution >= 4 is 5.97 Å². The predicted molar refractivity (Wildman–Crippen MR) is 109 cm³/mol. The van der Waals surface area contributed by atoms with E-state index in [0.29, 0.717) is 25.7 Å². The Balaban J connectivity index is 2.22. The normalized spacial score (nSPS) is 25.5. The number of carbonyl (C=O) groups is 1. The molecule has 6 heteroatoms. The van der Waals surface area contributed by atoms with Crippen LogP contribution in [0.4, 0.5) is 0 Å². The third kappa shape index (κ3) is 10.6. The quantitative estimate of drug-likeness (QED) is 0.358. The Morgan fingerprint density at radius 3 is 2.39 bits per heavy atom. The predicted octanol–water partition coefficient (Wildman–Crippen LogP) is 2.90. The molecule has 1 aliphatic heterocycles. The second-order valence-corrected chi connectivity index (χ2v) is 6.92. The molecule has 0 radical (unpaired) electrons. The number of hydrogen-bond acceptors (Lipinski definition) is 5. The van der Waals surface area contributed by atoms with Crippen molar-refractivity contribution in [2.45, 2.75) is 82.4 Å². The maximum absolute atomic E-state index is 10.4. The molecule has 1 saturated heterocycles. The summed E-state index contributed by atoms with van der Waals surface area (Å²) in [4.78, 5) is 10.4. The molecule has 6 nitrogen and oxygen atoms in total. The summed E-state index contributed by atoms with van der Waals surface area (Å²) in [6, 6.07) is 0. The molecule has 28 heavy (non-hydrogen) atoms. The Labute approximate surface area is 167 Å². The number of hydrogen-bond donors (Lipinski definition) is 4. The van der Waals surface area contributed by atoms with Crippen LogP contribution in [0.1, 0.15) is 51.9 Å². The number of aliphatic hydroxyl groups excluding tert-OH is 3. The summed E-state index contributed by atoms with van der Waals surface area (Å²) in [5.41, 5.74) is 0. The maximum Gasteiger partial charge on any atom is 0.303 e. The van der Waals surface area contributed by atoms with Crippen molar-refractivity contribution in [3.63, 3.8) is 0 Å². The molecule has 0 aliphatic carbocycles. The molecule has 158 valence electrons. The maximum atomic E-state index is 10.4. The van der Waals surface area contributed by atoms with Crippen molar-refractivity contribution in [2.75, 3.05) is 0 Å². The second-order valence-electron chi connectivity index (χ2n) is 6.92. The first kappa shape index (κ1) is 24.3. The first-order valence-electron chi connectivity index (χ1n) is 9.98. The Kier molecular flexibility index (Phi) is 12.4. The fourth-order valence-corrected chi connectivity index (χ4v) is 2.77. The molecule has 0 aromatic carbocycles. The van der Waals surface area contributed by atoms with Crippen molar-refractivity contribution in [2.24, 2.45) is 0 Å². The van der Waals surface area contributed by atoms with Crippen LogP contribution >= 0.6 is 0 Å². The Morgan fingerprint density at radius 1 is 1.11 bits per heavy atom. The van der Waals surface area contributed by atoms with Crippen LogP contribution in [0.2, 0.25) is 0 Å². The van der Waals surface area contributed by atoms with Gasteiger partial charge in [0, 0.05) is 12.8 Å². The first-order valence-corrected chi connectivity index (χ1v) is 9.98. The van der Waals surface area contributed by atoms with Gasteiger partial charge in [-0.1, -0.05) is 55.5 Å². The Morgan fingerprint density at radius 2 is 1.75 bits per heavy atom. The summed E-state index contributed by atoms with van der Waals surface area (Å²) in [6.45, 7) is 1.87. The molecule has 0 aromatic heterocycles. The van der Waals surface area contributed by atoms with Gasteiger partial charge < -0.3 is 25.2 Å². The van der Waals surface area contributed by atoms with Crippen LogP contribution in [-0.4, -0.2) is 56.9 Å². The molecule has 1 rings (SSSR count). The van der Waals surface area contributed by atoms with Gasteiger partial charge in [-0.3, -0.25) is 4.79 Å². The van der Waals surface area contributed by atoms with Gasteiger partial charge in [0.15, 0.2) is 0 Å². The minimum Gasteiger partial charge on any atom is -0.481 e. The number of carboxylic acid groups (broad SMARTS) is 1. The van der Waals surface area contributed by atoms with E-state index in [2.05, 4.69) is 0 Å². The van der Waals surface area contributed by atoms with Crippen molar-refractivity contribution in [1.82, 2.24) is 0 Å². The highest BCUT2D eigenvalue weighted by Gasteiger charge is 2.35. The molecular weight excluding hydrogens is 360 g/mol. The minimum atomic E-state index is -0.785. The van der Waals surface area contributed by atoms with Gasteiger partial charge in [-0.05, 0) is 32.1 Å². The zero-order valence-corrected chi connectivity index (χ0v) is 16.6. The molecule has 0 bridgehead atoms. The van der Waals surface area contributed by atoms with Gasteiger partial charge in [0.25, 0.3) is 0 Å². The largest absolute Gasteiger partial charge is 0.481 e. The van der Waals surface area contributed by atoms with Gasteiger partial charge >= 0.3 is 5.97 Å². The van der Waals surface area contributed by atoms with Crippen molar-refractivity contribution < 1.29 is 30.0 Å². The molecule has 5 atom stereocenters. The summed E-state index contributed by atoms with van der Waals surface area (Å²) in [6.07, 6.45) is 15.9. The topological polar surface area (TPSA) is 107 Å². The first-order chi connectivity index (χ1) is 13.4. The SMILES string of the molecule is CC[C@@H](O)/C=C/[C@H]1O[C@H]([C@H](O)C/C=C\C/C=C\C/C=C\CCC(=O)O)C[C@@H]1O. The van der Waals surface area contributed by atoms with Crippen molar-refractivity contribution in [3.05, 3.63) is 48.6 Å². The minimum absolute atomic E-state index is 0.157. The average molecular weight is 395 g/mol. The van der Waals surface area contributed by atoms with Gasteiger partial charge in [0.05, 0.1) is 24.4 Å². The molecule has 4 N–H and O–H groups in total. The van der Waals surface area contributed by atoms with Crippen LogP contribution in [0.15, 0.2) is 48.6 Å². The van der Waals surface area contributed by atoms with Crippen LogP contribution in [0, 0.1) is 0 Å². The molecule has 0 aromatic rings. The number of aliphatic carboxylic acids is 1. The van der Waals surface area contributed by atoms with Gasteiger partial charge in [0.1, 0.15) is 6.10 Å². The fraction of sp³-hybridized carbons (Fsp3) is 0.591. The summed E-state index contributed by atoms with van der Waals surface area (Å²) in [7, 11) is 0. The zero-order chi connectivity index (χ0) is 20.8. The van der Waals surface area contributed by atoms with Gasteiger partial charge in [-0.25, -0.2) is 0 Å². The monoisotopic (exact) mass is 394 g/mol. The Hall–Kier alpha value is -1.73. The van der Waals surface area contributed by atoms with Crippen molar-refractivity contribution in [1.29, 1.82) is 0 Å². The molecule has 1 aliphatic rings. The molecule has 0 spiro atoms. The molecule has 1 heterocycles. The van der Waals surface area contributed by atoms with Gasteiger partial charge in [-0.2, -0.15) is 0 Å². The van der Waals surface area contributed by atoms with Gasteiger partial charge in [-0.15, -0.1) is 0 Å². The smallest absolute Gasteiger partial charge is 0.303 e. The number of aliphatic hydroxyl groups is 3. The molecule has 1 fully saturated rings. The highest BCUT2D eigenvalue weighted by molar-refractivity contribution is 5.66. The lowest BCUT2D eigenvalue weighted by Gasteiger charge is -2.16. The molecular formula is C22H34O6. The number of carboxylic acids is 1. The summed E-state index contributed by atoms with van der Waals surface area (Å²) in [5, 5.41) is 38.3. The fourth-order valence-electron chi connectivity index (χ4n) is 2.77. The van der Waals surface area contributed by atoms with Crippen molar-refractivity contribution in [3.8, 4) is 0 Å². The van der Waals surface area contributed by atoms with Crippen LogP contribution < -0.4 is 0 Å². The van der Waals surface area contributed by atoms with E-state index in [-0.39, 0.29) is 6.42 Å². The summed E-state index contributed by atoms with van der Waals surface area (Å²) >= 11 is 0. The van der Waals surface area contributed by atoms with Crippen LogP contribution in [0.25, 0.3) is 0 Å². The average Bonchev–Trinajstić information content (AvgIpc) is 3.04. The molecule has 0 amide bonds. The summed E-state index contributed by atoms with van der Waals surface area (Å²) in [5.74, 6) is -0.785. The van der Waals surface area contributed by atoms with E-state index >= 15 is 0 Å². The van der Waals surface area contributed by atoms with Crippen LogP contribution in [0.3, 0.4) is 0 Å². The standard InChI is InChI=1S/C22H34O6/c1-2-17(23)14-15-20-19(25)16-21(28-20)18(24)12-10-8-6-4-3-5-7-9-11-13-22(26)27/h3-4,7-10,14-15,17-21,23-25H,2,5-6,11-13,16H2,1H3,(H,26,27)/b4-3-,9-7-,10-8-,15-14+/t17-,18-,19+,20-,21+/m1/s1. The molecule has 0 unspecified atom stereocenters. The number of allylic oxidation sites excluding steroid dienone is 5. The zero-order valence-electron chi connectivity index (χ0n) is 16.6. The van der Waals surface area contributed by atoms with Crippen LogP contribution in [0.5, 0.6) is 0 Å². The highest BCUT2D eigenvalue weighted by atomic mass is 16.5. The van der Waals surface area contributed by atoms with E-state index in [4.69, 9.17) is 9.84 Å². The highest BCUT2D eigenvalue weighted by Crippen LogP contribution is 2.25. The number of ether oxygens (including phenoxy) is 1. The van der Waals surface area contributed by atoms with E-state index in [0.717, 1.165) is 12.8 Å². The lowest BCUT2D eigenvalue weighted by Crippen LogP contribution is -2.25. The van der Waals surface area contributed by atoms with Gasteiger partial charge in [0.2, 0.25) is 0 Å².